The lowest BCUT2D eigenvalue weighted by atomic mass is 10.0. The largest absolute Gasteiger partial charge is 0.508 e. The van der Waals surface area contributed by atoms with Gasteiger partial charge < -0.3 is 51.8 Å². The number of carboxylic acids is 1. The lowest BCUT2D eigenvalue weighted by molar-refractivity contribution is -0.138. The average Bonchev–Trinajstić information content (AvgIpc) is 3.71. The molecule has 0 radical (unpaired) electrons. The number of amides is 6. The highest BCUT2D eigenvalue weighted by Crippen LogP contribution is 2.20. The van der Waals surface area contributed by atoms with Crippen molar-refractivity contribution in [3.63, 3.8) is 0 Å². The van der Waals surface area contributed by atoms with E-state index >= 15 is 0 Å². The number of ether oxygens (including phenoxy) is 1. The monoisotopic (exact) mass is 954 g/mol. The predicted octanol–water partition coefficient (Wildman–Crippen LogP) is 5.88. The molecule has 0 aliphatic rings. The Morgan fingerprint density at radius 3 is 1.84 bits per heavy atom. The third-order valence-corrected chi connectivity index (χ3v) is 11.4. The summed E-state index contributed by atoms with van der Waals surface area (Å²) in [5, 5.41) is 36.7. The van der Waals surface area contributed by atoms with E-state index in [0.717, 1.165) is 23.7 Å². The first-order valence-electron chi connectivity index (χ1n) is 24.0. The number of phenolic OH excluding ortho intramolecular Hbond substituents is 1. The number of benzene rings is 3. The summed E-state index contributed by atoms with van der Waals surface area (Å²) in [5.41, 5.74) is 2.45. The van der Waals surface area contributed by atoms with Gasteiger partial charge in [0.2, 0.25) is 29.5 Å². The molecule has 0 aliphatic heterocycles. The summed E-state index contributed by atoms with van der Waals surface area (Å²) in [6.07, 6.45) is 6.33. The number of carbonyl (C=O) groups excluding carboxylic acids is 6. The van der Waals surface area contributed by atoms with Crippen LogP contribution in [0.5, 0.6) is 5.75 Å². The molecule has 0 fully saturated rings. The van der Waals surface area contributed by atoms with Crippen molar-refractivity contribution >= 4 is 52.5 Å². The van der Waals surface area contributed by atoms with Gasteiger partial charge in [-0.2, -0.15) is 0 Å². The lowest BCUT2D eigenvalue weighted by Gasteiger charge is -2.26. The third-order valence-electron chi connectivity index (χ3n) is 11.4. The van der Waals surface area contributed by atoms with Gasteiger partial charge in [-0.15, -0.1) is 0 Å². The molecule has 4 rings (SSSR count). The number of fused-ring (bicyclic) bond motifs is 1. The van der Waals surface area contributed by atoms with Gasteiger partial charge in [-0.1, -0.05) is 107 Å². The molecule has 0 spiro atoms. The van der Waals surface area contributed by atoms with Crippen LogP contribution in [0.2, 0.25) is 0 Å². The number of carboxylic acid groups (broad SMARTS) is 1. The lowest BCUT2D eigenvalue weighted by Crippen LogP contribution is -2.57. The number of rotatable bonds is 28. The zero-order chi connectivity index (χ0) is 50.3. The molecule has 0 bridgehead atoms. The molecule has 6 amide bonds. The van der Waals surface area contributed by atoms with E-state index in [4.69, 9.17) is 4.74 Å². The summed E-state index contributed by atoms with van der Waals surface area (Å²) in [6, 6.07) is 18.3. The molecule has 0 unspecified atom stereocenters. The van der Waals surface area contributed by atoms with Gasteiger partial charge in [0.15, 0.2) is 0 Å². The second kappa shape index (κ2) is 27.8. The highest BCUT2D eigenvalue weighted by Gasteiger charge is 2.31. The topological polar surface area (TPSA) is 257 Å². The number of nitrogens with one attached hydrogen (secondary N) is 7. The predicted molar refractivity (Wildman–Crippen MR) is 263 cm³/mol. The summed E-state index contributed by atoms with van der Waals surface area (Å²) in [4.78, 5) is 97.4. The van der Waals surface area contributed by atoms with Gasteiger partial charge in [-0.05, 0) is 87.8 Å². The Balaban J connectivity index is 1.48. The number of aromatic amines is 1. The van der Waals surface area contributed by atoms with Crippen LogP contribution in [0.15, 0.2) is 85.1 Å². The first kappa shape index (κ1) is 54.7. The molecule has 3 aromatic carbocycles. The van der Waals surface area contributed by atoms with Crippen molar-refractivity contribution in [3.05, 3.63) is 102 Å². The second-order valence-electron chi connectivity index (χ2n) is 18.4. The standard InChI is InChI=1S/C52H71N7O10/c1-6-8-22-41(57-49(66)43(59-51(68)69-52(3,4)5)29-35-25-27-38(60)28-26-35)47(64)54-33-45(61)56-44(30-36-32-53-40-24-16-15-21-39(36)40)50(67)58-42(23-9-7-2)48(65)55-37(31-46(62)63)20-14-13-19-34-17-11-10-12-18-34/h10-12,15-18,21,24-28,32,37,41-44,53,60H,6-9,13-14,19-20,22-23,29-31,33H2,1-5H3,(H,54,64)(H,55,65)(H,56,61)(H,57,66)(H,58,67)(H,59,68)(H,62,63)/t37-,41+,42+,43+,44+/m1/s1. The second-order valence-corrected chi connectivity index (χ2v) is 18.4. The van der Waals surface area contributed by atoms with Crippen LogP contribution in [0.4, 0.5) is 4.79 Å². The molecule has 0 saturated heterocycles. The van der Waals surface area contributed by atoms with E-state index in [9.17, 15) is 43.8 Å². The van der Waals surface area contributed by atoms with Gasteiger partial charge >= 0.3 is 12.1 Å². The van der Waals surface area contributed by atoms with Crippen molar-refractivity contribution in [2.45, 2.75) is 154 Å². The fourth-order valence-corrected chi connectivity index (χ4v) is 7.79. The fourth-order valence-electron chi connectivity index (χ4n) is 7.79. The van der Waals surface area contributed by atoms with Crippen molar-refractivity contribution in [3.8, 4) is 5.75 Å². The molecular formula is C52H71N7O10. The average molecular weight is 954 g/mol. The Kier molecular flexibility index (Phi) is 22.0. The summed E-state index contributed by atoms with van der Waals surface area (Å²) >= 11 is 0. The Hall–Kier alpha value is -6.91. The Bertz CT molecular complexity index is 2290. The van der Waals surface area contributed by atoms with Crippen molar-refractivity contribution < 1.29 is 48.5 Å². The Labute approximate surface area is 404 Å². The SMILES string of the molecule is CCCC[C@H](NC(=O)[C@H](Cc1ccc(O)cc1)NC(=O)OC(C)(C)C)C(=O)NCC(=O)N[C@@H](Cc1c[nH]c2ccccc12)C(=O)N[C@@H](CCCC)C(=O)N[C@H](CCCCc1ccccc1)CC(=O)O. The van der Waals surface area contributed by atoms with Crippen molar-refractivity contribution in [2.24, 2.45) is 0 Å². The number of phenols is 1. The molecule has 4 aromatic rings. The van der Waals surface area contributed by atoms with Crippen molar-refractivity contribution in [1.29, 1.82) is 0 Å². The minimum atomic E-state index is -1.21. The van der Waals surface area contributed by atoms with E-state index < -0.39 is 84.0 Å². The Morgan fingerprint density at radius 2 is 1.22 bits per heavy atom. The van der Waals surface area contributed by atoms with E-state index in [1.54, 1.807) is 39.1 Å². The number of aryl methyl sites for hydroxylation is 1. The van der Waals surface area contributed by atoms with Crippen molar-refractivity contribution in [2.75, 3.05) is 6.54 Å². The number of alkyl carbamates (subject to hydrolysis) is 1. The summed E-state index contributed by atoms with van der Waals surface area (Å²) in [6.45, 7) is 8.34. The van der Waals surface area contributed by atoms with Crippen LogP contribution >= 0.6 is 0 Å². The normalized spacial score (nSPS) is 13.5. The number of H-pyrrole nitrogens is 1. The third kappa shape index (κ3) is 19.7. The smallest absolute Gasteiger partial charge is 0.408 e. The summed E-state index contributed by atoms with van der Waals surface area (Å²) in [7, 11) is 0. The first-order valence-corrected chi connectivity index (χ1v) is 24.0. The molecule has 9 N–H and O–H groups in total. The molecular weight excluding hydrogens is 883 g/mol. The van der Waals surface area contributed by atoms with Gasteiger partial charge in [-0.25, -0.2) is 4.79 Å². The molecule has 69 heavy (non-hydrogen) atoms. The van der Waals surface area contributed by atoms with Gasteiger partial charge in [0.05, 0.1) is 13.0 Å². The summed E-state index contributed by atoms with van der Waals surface area (Å²) < 4.78 is 5.40. The molecule has 5 atom stereocenters. The zero-order valence-corrected chi connectivity index (χ0v) is 40.5. The van der Waals surface area contributed by atoms with Crippen molar-refractivity contribution in [1.82, 2.24) is 36.9 Å². The maximum Gasteiger partial charge on any atom is 0.408 e. The van der Waals surface area contributed by atoms with Gasteiger partial charge in [0, 0.05) is 36.0 Å². The molecule has 0 aliphatic carbocycles. The first-order chi connectivity index (χ1) is 32.9. The zero-order valence-electron chi connectivity index (χ0n) is 40.5. The van der Waals surface area contributed by atoms with Crippen LogP contribution < -0.4 is 31.9 Å². The number of unbranched alkanes of at least 4 members (excludes halogenated alkanes) is 3. The number of aliphatic carboxylic acids is 1. The van der Waals surface area contributed by atoms with E-state index in [-0.39, 0.29) is 37.9 Å². The van der Waals surface area contributed by atoms with Crippen LogP contribution in [0.25, 0.3) is 10.9 Å². The van der Waals surface area contributed by atoms with Crippen LogP contribution in [0.3, 0.4) is 0 Å². The maximum atomic E-state index is 14.3. The molecule has 17 heteroatoms. The van der Waals surface area contributed by atoms with Gasteiger partial charge in [-0.3, -0.25) is 28.8 Å². The number of carbonyl (C=O) groups is 7. The Morgan fingerprint density at radius 1 is 0.623 bits per heavy atom. The van der Waals surface area contributed by atoms with E-state index in [0.29, 0.717) is 49.7 Å². The van der Waals surface area contributed by atoms with Gasteiger partial charge in [0.1, 0.15) is 35.5 Å². The molecule has 1 heterocycles. The fraction of sp³-hybridized carbons (Fsp3) is 0.481. The van der Waals surface area contributed by atoms with Crippen LogP contribution in [-0.4, -0.2) is 99.2 Å². The molecule has 1 aromatic heterocycles. The quantitative estimate of drug-likeness (QED) is 0.0306. The number of hydrogen-bond donors (Lipinski definition) is 9. The number of aromatic hydroxyl groups is 1. The minimum absolute atomic E-state index is 0.00876. The number of para-hydroxylation sites is 1. The van der Waals surface area contributed by atoms with Crippen LogP contribution in [0.1, 0.15) is 116 Å². The molecule has 374 valence electrons. The highest BCUT2D eigenvalue weighted by atomic mass is 16.6. The molecule has 17 nitrogen and oxygen atoms in total. The minimum Gasteiger partial charge on any atom is -0.508 e. The number of hydrogen-bond acceptors (Lipinski definition) is 9. The van der Waals surface area contributed by atoms with Crippen LogP contribution in [0, 0.1) is 0 Å². The highest BCUT2D eigenvalue weighted by molar-refractivity contribution is 5.96. The van der Waals surface area contributed by atoms with E-state index in [1.165, 1.54) is 17.7 Å². The molecule has 0 saturated carbocycles. The summed E-state index contributed by atoms with van der Waals surface area (Å²) in [5.74, 6) is -4.28. The number of aromatic nitrogens is 1. The van der Waals surface area contributed by atoms with E-state index in [2.05, 4.69) is 36.9 Å². The van der Waals surface area contributed by atoms with Gasteiger partial charge in [0.25, 0.3) is 0 Å². The maximum absolute atomic E-state index is 14.3. The van der Waals surface area contributed by atoms with E-state index in [1.807, 2.05) is 68.4 Å². The van der Waals surface area contributed by atoms with Crippen LogP contribution in [-0.2, 0) is 52.8 Å².